The Balaban J connectivity index is 1.45. The van der Waals surface area contributed by atoms with Crippen molar-refractivity contribution in [2.75, 3.05) is 13.1 Å². The van der Waals surface area contributed by atoms with E-state index in [2.05, 4.69) is 37.2 Å². The molecule has 1 N–H and O–H groups in total. The molecule has 3 aliphatic rings. The predicted molar refractivity (Wildman–Crippen MR) is 111 cm³/mol. The van der Waals surface area contributed by atoms with Crippen molar-refractivity contribution in [3.8, 4) is 0 Å². The standard InChI is InChI=1S/C22H24BrN3O/c23-19-5-1-3-16(13-19)6-7-21(27)25-22-18-8-11-26(12-9-18)20(22)14-17-4-2-10-24-15-17/h1-7,10,13,15,18,20,22H,8-9,11-12,14H2,(H,25,27)/b7-6+. The molecule has 1 amide bonds. The quantitative estimate of drug-likeness (QED) is 0.743. The van der Waals surface area contributed by atoms with E-state index in [-0.39, 0.29) is 11.9 Å². The number of benzene rings is 1. The van der Waals surface area contributed by atoms with Gasteiger partial charge in [0.15, 0.2) is 0 Å². The van der Waals surface area contributed by atoms with E-state index in [1.807, 2.05) is 48.8 Å². The molecule has 3 aliphatic heterocycles. The number of carbonyl (C=O) groups excluding carboxylic acids is 1. The van der Waals surface area contributed by atoms with E-state index in [4.69, 9.17) is 0 Å². The number of amides is 1. The van der Waals surface area contributed by atoms with E-state index in [0.29, 0.717) is 12.0 Å². The van der Waals surface area contributed by atoms with Crippen molar-refractivity contribution in [2.24, 2.45) is 5.92 Å². The maximum absolute atomic E-state index is 12.6. The Morgan fingerprint density at radius 1 is 1.26 bits per heavy atom. The molecular weight excluding hydrogens is 402 g/mol. The van der Waals surface area contributed by atoms with Crippen LogP contribution >= 0.6 is 15.9 Å². The van der Waals surface area contributed by atoms with Gasteiger partial charge in [0.2, 0.25) is 5.91 Å². The minimum atomic E-state index is -0.00934. The van der Waals surface area contributed by atoms with E-state index < -0.39 is 0 Å². The van der Waals surface area contributed by atoms with Gasteiger partial charge in [0.05, 0.1) is 0 Å². The van der Waals surface area contributed by atoms with Crippen molar-refractivity contribution < 1.29 is 4.79 Å². The molecule has 4 nitrogen and oxygen atoms in total. The molecule has 0 saturated carbocycles. The molecule has 0 spiro atoms. The number of aromatic nitrogens is 1. The summed E-state index contributed by atoms with van der Waals surface area (Å²) >= 11 is 3.47. The van der Waals surface area contributed by atoms with Gasteiger partial charge in [-0.2, -0.15) is 0 Å². The lowest BCUT2D eigenvalue weighted by molar-refractivity contribution is -0.119. The summed E-state index contributed by atoms with van der Waals surface area (Å²) in [6.07, 6.45) is 10.6. The van der Waals surface area contributed by atoms with Crippen molar-refractivity contribution in [2.45, 2.75) is 31.3 Å². The Hall–Kier alpha value is -1.98. The molecule has 5 heteroatoms. The van der Waals surface area contributed by atoms with Crippen LogP contribution in [-0.2, 0) is 11.2 Å². The smallest absolute Gasteiger partial charge is 0.244 e. The minimum absolute atomic E-state index is 0.00934. The molecule has 3 saturated heterocycles. The largest absolute Gasteiger partial charge is 0.348 e. The molecule has 1 aromatic heterocycles. The van der Waals surface area contributed by atoms with Crippen LogP contribution in [0.2, 0.25) is 0 Å². The average Bonchev–Trinajstić information content (AvgIpc) is 2.70. The second-order valence-electron chi connectivity index (χ2n) is 7.43. The number of rotatable bonds is 5. The van der Waals surface area contributed by atoms with Gasteiger partial charge in [0, 0.05) is 35.0 Å². The highest BCUT2D eigenvalue weighted by molar-refractivity contribution is 9.10. The lowest BCUT2D eigenvalue weighted by Gasteiger charge is -2.51. The van der Waals surface area contributed by atoms with E-state index in [0.717, 1.165) is 29.5 Å². The summed E-state index contributed by atoms with van der Waals surface area (Å²) in [5.74, 6) is 0.560. The Morgan fingerprint density at radius 2 is 2.11 bits per heavy atom. The molecule has 3 fully saturated rings. The highest BCUT2D eigenvalue weighted by Crippen LogP contribution is 2.34. The first kappa shape index (κ1) is 18.4. The van der Waals surface area contributed by atoms with Crippen molar-refractivity contribution in [1.82, 2.24) is 15.2 Å². The molecule has 4 heterocycles. The highest BCUT2D eigenvalue weighted by atomic mass is 79.9. The van der Waals surface area contributed by atoms with E-state index >= 15 is 0 Å². The van der Waals surface area contributed by atoms with E-state index in [9.17, 15) is 4.79 Å². The molecule has 5 rings (SSSR count). The van der Waals surface area contributed by atoms with Crippen LogP contribution in [0.25, 0.3) is 6.08 Å². The number of pyridine rings is 1. The van der Waals surface area contributed by atoms with Gasteiger partial charge in [0.1, 0.15) is 0 Å². The Labute approximate surface area is 168 Å². The molecule has 2 bridgehead atoms. The normalized spacial score (nSPS) is 27.0. The van der Waals surface area contributed by atoms with Crippen LogP contribution in [0.15, 0.2) is 59.3 Å². The third kappa shape index (κ3) is 4.47. The van der Waals surface area contributed by atoms with Crippen LogP contribution in [0, 0.1) is 5.92 Å². The van der Waals surface area contributed by atoms with Crippen molar-refractivity contribution in [3.05, 3.63) is 70.5 Å². The van der Waals surface area contributed by atoms with Crippen LogP contribution in [0.5, 0.6) is 0 Å². The van der Waals surface area contributed by atoms with Gasteiger partial charge in [-0.05, 0) is 73.7 Å². The van der Waals surface area contributed by atoms with Crippen molar-refractivity contribution in [3.63, 3.8) is 0 Å². The fraction of sp³-hybridized carbons (Fsp3) is 0.364. The van der Waals surface area contributed by atoms with Crippen molar-refractivity contribution in [1.29, 1.82) is 0 Å². The zero-order valence-electron chi connectivity index (χ0n) is 15.2. The van der Waals surface area contributed by atoms with Gasteiger partial charge < -0.3 is 5.32 Å². The van der Waals surface area contributed by atoms with Gasteiger partial charge in [-0.1, -0.05) is 34.1 Å². The number of fused-ring (bicyclic) bond motifs is 3. The predicted octanol–water partition coefficient (Wildman–Crippen LogP) is 3.68. The third-order valence-electron chi connectivity index (χ3n) is 5.72. The minimum Gasteiger partial charge on any atom is -0.348 e. The monoisotopic (exact) mass is 425 g/mol. The fourth-order valence-corrected chi connectivity index (χ4v) is 4.79. The summed E-state index contributed by atoms with van der Waals surface area (Å²) < 4.78 is 1.01. The molecule has 140 valence electrons. The SMILES string of the molecule is O=C(/C=C/c1cccc(Br)c1)NC1C2CCN(CC2)C1Cc1cccnc1. The summed E-state index contributed by atoms with van der Waals surface area (Å²) in [6, 6.07) is 12.6. The van der Waals surface area contributed by atoms with Gasteiger partial charge >= 0.3 is 0 Å². The van der Waals surface area contributed by atoms with Crippen LogP contribution in [-0.4, -0.2) is 41.0 Å². The van der Waals surface area contributed by atoms with Crippen LogP contribution in [0.4, 0.5) is 0 Å². The summed E-state index contributed by atoms with van der Waals surface area (Å²) in [7, 11) is 0. The van der Waals surface area contributed by atoms with Gasteiger partial charge in [0.25, 0.3) is 0 Å². The average molecular weight is 426 g/mol. The van der Waals surface area contributed by atoms with E-state index in [1.165, 1.54) is 18.4 Å². The molecule has 0 radical (unpaired) electrons. The van der Waals surface area contributed by atoms with Crippen LogP contribution in [0.3, 0.4) is 0 Å². The van der Waals surface area contributed by atoms with Gasteiger partial charge in [-0.25, -0.2) is 0 Å². The van der Waals surface area contributed by atoms with E-state index in [1.54, 1.807) is 6.08 Å². The number of hydrogen-bond donors (Lipinski definition) is 1. The molecular formula is C22H24BrN3O. The number of halogens is 1. The van der Waals surface area contributed by atoms with Crippen LogP contribution in [0.1, 0.15) is 24.0 Å². The Morgan fingerprint density at radius 3 is 2.85 bits per heavy atom. The number of carbonyl (C=O) groups is 1. The lowest BCUT2D eigenvalue weighted by Crippen LogP contribution is -2.64. The first-order valence-electron chi connectivity index (χ1n) is 9.56. The summed E-state index contributed by atoms with van der Waals surface area (Å²) in [4.78, 5) is 19.4. The topological polar surface area (TPSA) is 45.2 Å². The molecule has 27 heavy (non-hydrogen) atoms. The summed E-state index contributed by atoms with van der Waals surface area (Å²) in [6.45, 7) is 2.27. The van der Waals surface area contributed by atoms with Crippen LogP contribution < -0.4 is 5.32 Å². The second kappa shape index (κ2) is 8.36. The number of nitrogens with zero attached hydrogens (tertiary/aromatic N) is 2. The highest BCUT2D eigenvalue weighted by Gasteiger charge is 2.42. The molecule has 2 atom stereocenters. The second-order valence-corrected chi connectivity index (χ2v) is 8.34. The number of hydrogen-bond acceptors (Lipinski definition) is 3. The molecule has 2 aromatic rings. The first-order chi connectivity index (χ1) is 13.2. The molecule has 2 unspecified atom stereocenters. The molecule has 0 aliphatic carbocycles. The number of nitrogens with one attached hydrogen (secondary N) is 1. The zero-order valence-corrected chi connectivity index (χ0v) is 16.8. The third-order valence-corrected chi connectivity index (χ3v) is 6.21. The first-order valence-corrected chi connectivity index (χ1v) is 10.4. The van der Waals surface area contributed by atoms with Crippen molar-refractivity contribution >= 4 is 27.9 Å². The summed E-state index contributed by atoms with van der Waals surface area (Å²) in [5.41, 5.74) is 2.25. The Bertz CT molecular complexity index is 815. The molecule has 1 aromatic carbocycles. The fourth-order valence-electron chi connectivity index (χ4n) is 4.38. The van der Waals surface area contributed by atoms with Gasteiger partial charge in [-0.15, -0.1) is 0 Å². The maximum atomic E-state index is 12.6. The number of piperidine rings is 3. The maximum Gasteiger partial charge on any atom is 0.244 e. The zero-order chi connectivity index (χ0) is 18.6. The van der Waals surface area contributed by atoms with Gasteiger partial charge in [-0.3, -0.25) is 14.7 Å². The lowest BCUT2D eigenvalue weighted by atomic mass is 9.77. The Kier molecular flexibility index (Phi) is 5.69. The summed E-state index contributed by atoms with van der Waals surface area (Å²) in [5, 5.41) is 3.31.